The van der Waals surface area contributed by atoms with Gasteiger partial charge in [-0.15, -0.1) is 0 Å². The van der Waals surface area contributed by atoms with E-state index in [4.69, 9.17) is 9.47 Å². The van der Waals surface area contributed by atoms with Crippen molar-refractivity contribution in [1.29, 1.82) is 0 Å². The molecule has 2 aliphatic rings. The van der Waals surface area contributed by atoms with Crippen LogP contribution in [0, 0.1) is 12.3 Å². The molecule has 0 N–H and O–H groups in total. The van der Waals surface area contributed by atoms with Gasteiger partial charge in [0.2, 0.25) is 5.91 Å². The fourth-order valence-corrected chi connectivity index (χ4v) is 10.7. The molecule has 7 heteroatoms. The Labute approximate surface area is 324 Å². The molecule has 1 unspecified atom stereocenters. The summed E-state index contributed by atoms with van der Waals surface area (Å²) in [6.45, 7) is 42.3. The number of nitrogens with zero attached hydrogens (tertiary/aromatic N) is 2. The molecule has 1 aromatic carbocycles. The van der Waals surface area contributed by atoms with E-state index < -0.39 is 34.5 Å². The standard InChI is InChI=1S/C46H76N2O5/c1-20-21-22-46(25-33-23-36(40(6,7)8)31(4)37(24-33)41(9,10)11,38(50)52-34-26-42(12,13)47(30(2)3)43(14,15)27-34)39(51)53-35-28-44(16,17)48(32(5)49)45(18,19)29-35/h23-24,34-35H,2,20-22,25-29H2,1,3-19H3. The summed E-state index contributed by atoms with van der Waals surface area (Å²) in [5.74, 6) is -1.01. The molecule has 0 aromatic heterocycles. The van der Waals surface area contributed by atoms with Gasteiger partial charge >= 0.3 is 11.9 Å². The molecule has 3 rings (SSSR count). The Morgan fingerprint density at radius 2 is 1.08 bits per heavy atom. The summed E-state index contributed by atoms with van der Waals surface area (Å²) in [4.78, 5) is 47.4. The van der Waals surface area contributed by atoms with Crippen molar-refractivity contribution in [2.75, 3.05) is 0 Å². The van der Waals surface area contributed by atoms with Gasteiger partial charge in [-0.25, -0.2) is 0 Å². The van der Waals surface area contributed by atoms with Crippen molar-refractivity contribution < 1.29 is 23.9 Å². The molecular weight excluding hydrogens is 661 g/mol. The molecule has 2 heterocycles. The lowest BCUT2D eigenvalue weighted by atomic mass is 9.72. The van der Waals surface area contributed by atoms with E-state index in [0.717, 1.165) is 17.7 Å². The van der Waals surface area contributed by atoms with E-state index in [1.54, 1.807) is 6.92 Å². The fourth-order valence-electron chi connectivity index (χ4n) is 10.7. The zero-order valence-corrected chi connectivity index (χ0v) is 37.1. The predicted molar refractivity (Wildman–Crippen MR) is 218 cm³/mol. The average Bonchev–Trinajstić information content (AvgIpc) is 2.91. The lowest BCUT2D eigenvalue weighted by Crippen LogP contribution is -2.64. The number of piperidine rings is 2. The highest BCUT2D eigenvalue weighted by Gasteiger charge is 2.54. The van der Waals surface area contributed by atoms with E-state index in [9.17, 15) is 4.79 Å². The van der Waals surface area contributed by atoms with Crippen molar-refractivity contribution >= 4 is 17.8 Å². The number of allylic oxidation sites excluding steroid dienone is 1. The molecule has 0 bridgehead atoms. The van der Waals surface area contributed by atoms with Crippen LogP contribution in [0.25, 0.3) is 0 Å². The monoisotopic (exact) mass is 737 g/mol. The zero-order valence-electron chi connectivity index (χ0n) is 37.1. The van der Waals surface area contributed by atoms with Crippen LogP contribution in [0.1, 0.15) is 185 Å². The Bertz CT molecular complexity index is 1410. The average molecular weight is 737 g/mol. The van der Waals surface area contributed by atoms with E-state index in [2.05, 4.69) is 107 Å². The van der Waals surface area contributed by atoms with Gasteiger partial charge in [-0.3, -0.25) is 14.4 Å². The van der Waals surface area contributed by atoms with Crippen LogP contribution in [-0.2, 0) is 41.1 Å². The first-order valence-electron chi connectivity index (χ1n) is 20.2. The maximum absolute atomic E-state index is 15.2. The van der Waals surface area contributed by atoms with Crippen molar-refractivity contribution in [3.63, 3.8) is 0 Å². The second-order valence-electron chi connectivity index (χ2n) is 21.2. The number of rotatable bonds is 10. The molecule has 0 spiro atoms. The number of esters is 2. The Morgan fingerprint density at radius 1 is 0.717 bits per heavy atom. The molecule has 0 saturated carbocycles. The highest BCUT2D eigenvalue weighted by Crippen LogP contribution is 2.46. The summed E-state index contributed by atoms with van der Waals surface area (Å²) in [5.41, 5.74) is 2.03. The van der Waals surface area contributed by atoms with E-state index in [-0.39, 0.29) is 40.3 Å². The molecule has 1 amide bonds. The van der Waals surface area contributed by atoms with E-state index in [1.165, 1.54) is 16.7 Å². The van der Waals surface area contributed by atoms with E-state index >= 15 is 9.59 Å². The largest absolute Gasteiger partial charge is 0.461 e. The molecule has 2 aliphatic heterocycles. The van der Waals surface area contributed by atoms with Crippen molar-refractivity contribution in [3.05, 3.63) is 46.7 Å². The first-order chi connectivity index (χ1) is 23.8. The van der Waals surface area contributed by atoms with Crippen molar-refractivity contribution in [2.45, 2.75) is 221 Å². The third-order valence-electron chi connectivity index (χ3n) is 11.9. The number of ether oxygens (including phenoxy) is 2. The van der Waals surface area contributed by atoms with Crippen LogP contribution in [-0.4, -0.2) is 62.0 Å². The summed E-state index contributed by atoms with van der Waals surface area (Å²) >= 11 is 0. The number of benzene rings is 1. The normalized spacial score (nSPS) is 21.5. The number of amides is 1. The summed E-state index contributed by atoms with van der Waals surface area (Å²) < 4.78 is 13.2. The second-order valence-corrected chi connectivity index (χ2v) is 21.2. The predicted octanol–water partition coefficient (Wildman–Crippen LogP) is 10.5. The molecule has 1 atom stereocenters. The minimum absolute atomic E-state index is 0.00198. The van der Waals surface area contributed by atoms with Gasteiger partial charge in [0.15, 0.2) is 5.41 Å². The number of likely N-dealkylation sites (tertiary alicyclic amines) is 2. The molecule has 0 aliphatic carbocycles. The number of unbranched alkanes of at least 4 members (excludes halogenated alkanes) is 1. The SMILES string of the molecule is C=C(C)N1C(C)(C)CC(OC(=O)C(CCCC)(Cc2cc(C(C)(C)C)c(C)c(C(C)(C)C)c2)C(=O)OC2CC(C)(C)N(C(C)=O)C(C)(C)C2)CC1(C)C. The van der Waals surface area contributed by atoms with Gasteiger partial charge in [0.25, 0.3) is 0 Å². The highest BCUT2D eigenvalue weighted by atomic mass is 16.6. The third kappa shape index (κ3) is 9.53. The molecule has 2 saturated heterocycles. The smallest absolute Gasteiger partial charge is 0.324 e. The molecule has 0 radical (unpaired) electrons. The lowest BCUT2D eigenvalue weighted by Gasteiger charge is -2.56. The van der Waals surface area contributed by atoms with Crippen molar-refractivity contribution in [3.8, 4) is 0 Å². The molecular formula is C46H76N2O5. The summed E-state index contributed by atoms with van der Waals surface area (Å²) in [7, 11) is 0. The molecule has 7 nitrogen and oxygen atoms in total. The Kier molecular flexibility index (Phi) is 12.6. The number of carbonyl (C=O) groups excluding carboxylic acids is 3. The van der Waals surface area contributed by atoms with Gasteiger partial charge in [-0.1, -0.05) is 80.0 Å². The molecule has 2 fully saturated rings. The number of hydrogen-bond acceptors (Lipinski definition) is 6. The van der Waals surface area contributed by atoms with Gasteiger partial charge in [-0.05, 0) is 115 Å². The lowest BCUT2D eigenvalue weighted by molar-refractivity contribution is -0.188. The van der Waals surface area contributed by atoms with Crippen LogP contribution in [0.5, 0.6) is 0 Å². The van der Waals surface area contributed by atoms with Gasteiger partial charge in [-0.2, -0.15) is 0 Å². The van der Waals surface area contributed by atoms with Crippen molar-refractivity contribution in [2.24, 2.45) is 5.41 Å². The van der Waals surface area contributed by atoms with Gasteiger partial charge in [0, 0.05) is 60.5 Å². The first kappa shape index (κ1) is 44.6. The Morgan fingerprint density at radius 3 is 1.38 bits per heavy atom. The minimum Gasteiger partial charge on any atom is -0.461 e. The number of hydrogen-bond donors (Lipinski definition) is 0. The van der Waals surface area contributed by atoms with Crippen molar-refractivity contribution in [1.82, 2.24) is 9.80 Å². The maximum Gasteiger partial charge on any atom is 0.324 e. The van der Waals surface area contributed by atoms with Crippen LogP contribution in [0.2, 0.25) is 0 Å². The quantitative estimate of drug-likeness (QED) is 0.176. The zero-order chi connectivity index (χ0) is 40.9. The third-order valence-corrected chi connectivity index (χ3v) is 11.9. The molecule has 1 aromatic rings. The molecule has 53 heavy (non-hydrogen) atoms. The Balaban J connectivity index is 2.22. The topological polar surface area (TPSA) is 76.2 Å². The van der Waals surface area contributed by atoms with Gasteiger partial charge in [0.05, 0.1) is 0 Å². The first-order valence-corrected chi connectivity index (χ1v) is 20.2. The number of carbonyl (C=O) groups is 3. The van der Waals surface area contributed by atoms with Crippen LogP contribution in [0.15, 0.2) is 24.4 Å². The van der Waals surface area contributed by atoms with Crippen LogP contribution in [0.3, 0.4) is 0 Å². The van der Waals surface area contributed by atoms with Gasteiger partial charge < -0.3 is 19.3 Å². The van der Waals surface area contributed by atoms with Crippen LogP contribution >= 0.6 is 0 Å². The minimum atomic E-state index is -1.55. The molecule has 300 valence electrons. The maximum atomic E-state index is 15.2. The van der Waals surface area contributed by atoms with E-state index in [1.807, 2.05) is 39.5 Å². The highest BCUT2D eigenvalue weighted by molar-refractivity contribution is 6.00. The Hall–Kier alpha value is -2.83. The summed E-state index contributed by atoms with van der Waals surface area (Å²) in [6.07, 6.45) is 3.33. The summed E-state index contributed by atoms with van der Waals surface area (Å²) in [6, 6.07) is 4.42. The van der Waals surface area contributed by atoms with Crippen LogP contribution in [0.4, 0.5) is 0 Å². The second kappa shape index (κ2) is 15.0. The van der Waals surface area contributed by atoms with Crippen LogP contribution < -0.4 is 0 Å². The fraction of sp³-hybridized carbons (Fsp3) is 0.761. The summed E-state index contributed by atoms with van der Waals surface area (Å²) in [5, 5.41) is 0. The van der Waals surface area contributed by atoms with E-state index in [0.29, 0.717) is 38.5 Å². The van der Waals surface area contributed by atoms with Gasteiger partial charge in [0.1, 0.15) is 12.2 Å².